The Labute approximate surface area is 346 Å². The van der Waals surface area contributed by atoms with Gasteiger partial charge in [-0.3, -0.25) is 0 Å². The standard InChI is InChI=1S/C57H55N/c1-53(2)46-28-17-15-25-43(46)52-42(26-19-29-47(52)53)44-34-49-50(56(7,8)57(9,10)55(49,5)6)35-51(44)58(38-23-18-22-37(32-38)36-20-12-11-13-21-36)39-30-31-41-40-24-14-16-27-45(40)54(3,4)48(41)33-39/h11-35H,1-10H3. The van der Waals surface area contributed by atoms with E-state index in [1.165, 1.54) is 89.3 Å². The SMILES string of the molecule is CC1(C)c2ccccc2-c2ccc(N(c3cccc(-c4ccccc4)c3)c3cc4c(cc3-c3cccc5c3-c3ccccc3C5(C)C)C(C)(C)C(C)(C)C4(C)C)cc21. The number of hydrogen-bond acceptors (Lipinski definition) is 1. The summed E-state index contributed by atoms with van der Waals surface area (Å²) < 4.78 is 0. The van der Waals surface area contributed by atoms with Crippen LogP contribution < -0.4 is 4.90 Å². The highest BCUT2D eigenvalue weighted by atomic mass is 15.1. The molecule has 10 rings (SSSR count). The molecule has 0 N–H and O–H groups in total. The minimum Gasteiger partial charge on any atom is -0.310 e. The van der Waals surface area contributed by atoms with Gasteiger partial charge in [-0.15, -0.1) is 0 Å². The van der Waals surface area contributed by atoms with E-state index >= 15 is 0 Å². The topological polar surface area (TPSA) is 3.24 Å². The maximum Gasteiger partial charge on any atom is 0.0543 e. The van der Waals surface area contributed by atoms with Gasteiger partial charge in [0.05, 0.1) is 5.69 Å². The number of nitrogens with zero attached hydrogens (tertiary/aromatic N) is 1. The number of benzene rings is 7. The molecular weight excluding hydrogens is 699 g/mol. The zero-order chi connectivity index (χ0) is 40.6. The molecule has 0 amide bonds. The molecule has 0 aliphatic heterocycles. The zero-order valence-corrected chi connectivity index (χ0v) is 35.9. The van der Waals surface area contributed by atoms with Crippen LogP contribution in [0.2, 0.25) is 0 Å². The van der Waals surface area contributed by atoms with Crippen LogP contribution in [-0.2, 0) is 21.7 Å². The Bertz CT molecular complexity index is 2810. The Kier molecular flexibility index (Phi) is 7.70. The predicted molar refractivity (Wildman–Crippen MR) is 247 cm³/mol. The van der Waals surface area contributed by atoms with Crippen LogP contribution in [0.25, 0.3) is 44.5 Å². The number of fused-ring (bicyclic) bond motifs is 7. The molecule has 0 saturated carbocycles. The fraction of sp³-hybridized carbons (Fsp3) is 0.263. The van der Waals surface area contributed by atoms with Crippen molar-refractivity contribution in [3.05, 3.63) is 185 Å². The first kappa shape index (κ1) is 36.7. The summed E-state index contributed by atoms with van der Waals surface area (Å²) in [5.41, 5.74) is 22.0. The van der Waals surface area contributed by atoms with Crippen molar-refractivity contribution in [1.82, 2.24) is 0 Å². The fourth-order valence-electron chi connectivity index (χ4n) is 11.2. The van der Waals surface area contributed by atoms with Crippen LogP contribution in [0, 0.1) is 5.41 Å². The first-order valence-corrected chi connectivity index (χ1v) is 21.2. The van der Waals surface area contributed by atoms with Gasteiger partial charge in [0.2, 0.25) is 0 Å². The first-order valence-electron chi connectivity index (χ1n) is 21.2. The van der Waals surface area contributed by atoms with E-state index in [0.717, 1.165) is 5.69 Å². The molecule has 0 radical (unpaired) electrons. The summed E-state index contributed by atoms with van der Waals surface area (Å²) in [6, 6.07) is 57.6. The van der Waals surface area contributed by atoms with Crippen LogP contribution in [0.1, 0.15) is 103 Å². The van der Waals surface area contributed by atoms with Crippen molar-refractivity contribution in [3.63, 3.8) is 0 Å². The third-order valence-electron chi connectivity index (χ3n) is 15.8. The van der Waals surface area contributed by atoms with E-state index in [-0.39, 0.29) is 27.1 Å². The van der Waals surface area contributed by atoms with Crippen molar-refractivity contribution in [2.45, 2.75) is 90.9 Å². The summed E-state index contributed by atoms with van der Waals surface area (Å²) in [6.45, 7) is 24.4. The maximum atomic E-state index is 2.60. The van der Waals surface area contributed by atoms with E-state index < -0.39 is 0 Å². The molecule has 0 fully saturated rings. The summed E-state index contributed by atoms with van der Waals surface area (Å²) in [7, 11) is 0. The lowest BCUT2D eigenvalue weighted by Gasteiger charge is -2.44. The molecule has 3 aliphatic rings. The highest BCUT2D eigenvalue weighted by Gasteiger charge is 2.57. The van der Waals surface area contributed by atoms with Crippen LogP contribution in [0.4, 0.5) is 17.1 Å². The second-order valence-electron chi connectivity index (χ2n) is 19.8. The van der Waals surface area contributed by atoms with Crippen LogP contribution in [0.15, 0.2) is 152 Å². The predicted octanol–water partition coefficient (Wildman–Crippen LogP) is 15.7. The monoisotopic (exact) mass is 753 g/mol. The summed E-state index contributed by atoms with van der Waals surface area (Å²) in [4.78, 5) is 2.58. The van der Waals surface area contributed by atoms with Crippen molar-refractivity contribution in [2.75, 3.05) is 4.90 Å². The van der Waals surface area contributed by atoms with E-state index in [2.05, 4.69) is 226 Å². The third kappa shape index (κ3) is 4.83. The fourth-order valence-corrected chi connectivity index (χ4v) is 11.2. The highest BCUT2D eigenvalue weighted by molar-refractivity contribution is 5.99. The summed E-state index contributed by atoms with van der Waals surface area (Å²) in [6.07, 6.45) is 0. The normalized spacial score (nSPS) is 17.8. The molecule has 3 aliphatic carbocycles. The number of hydrogen-bond donors (Lipinski definition) is 0. The average molecular weight is 754 g/mol. The molecule has 1 heteroatoms. The van der Waals surface area contributed by atoms with Gasteiger partial charge in [-0.25, -0.2) is 0 Å². The molecule has 0 spiro atoms. The van der Waals surface area contributed by atoms with Crippen LogP contribution in [0.3, 0.4) is 0 Å². The molecule has 7 aromatic carbocycles. The van der Waals surface area contributed by atoms with Gasteiger partial charge in [0, 0.05) is 27.8 Å². The average Bonchev–Trinajstić information content (AvgIpc) is 3.64. The molecule has 1 nitrogen and oxygen atoms in total. The lowest BCUT2D eigenvalue weighted by molar-refractivity contribution is 0.125. The van der Waals surface area contributed by atoms with E-state index in [9.17, 15) is 0 Å². The van der Waals surface area contributed by atoms with Crippen LogP contribution >= 0.6 is 0 Å². The van der Waals surface area contributed by atoms with Gasteiger partial charge in [0.15, 0.2) is 0 Å². The molecule has 7 aromatic rings. The Hall–Kier alpha value is -5.66. The molecule has 0 unspecified atom stereocenters. The van der Waals surface area contributed by atoms with Crippen molar-refractivity contribution >= 4 is 17.1 Å². The molecule has 0 aromatic heterocycles. The smallest absolute Gasteiger partial charge is 0.0543 e. The Morgan fingerprint density at radius 2 is 0.845 bits per heavy atom. The van der Waals surface area contributed by atoms with Crippen LogP contribution in [-0.4, -0.2) is 0 Å². The van der Waals surface area contributed by atoms with Gasteiger partial charge in [-0.05, 0) is 125 Å². The number of anilines is 3. The Balaban J connectivity index is 1.31. The second kappa shape index (κ2) is 12.2. The van der Waals surface area contributed by atoms with Crippen molar-refractivity contribution in [2.24, 2.45) is 5.41 Å². The molecule has 0 bridgehead atoms. The van der Waals surface area contributed by atoms with Crippen molar-refractivity contribution < 1.29 is 0 Å². The van der Waals surface area contributed by atoms with Crippen molar-refractivity contribution in [3.8, 4) is 44.5 Å². The molecule has 0 atom stereocenters. The summed E-state index contributed by atoms with van der Waals surface area (Å²) in [5, 5.41) is 0. The van der Waals surface area contributed by atoms with E-state index in [1.54, 1.807) is 0 Å². The summed E-state index contributed by atoms with van der Waals surface area (Å²) >= 11 is 0. The van der Waals surface area contributed by atoms with E-state index in [0.29, 0.717) is 0 Å². The van der Waals surface area contributed by atoms with Gasteiger partial charge in [0.1, 0.15) is 0 Å². The molecular formula is C57H55N. The van der Waals surface area contributed by atoms with E-state index in [4.69, 9.17) is 0 Å². The second-order valence-corrected chi connectivity index (χ2v) is 19.8. The largest absolute Gasteiger partial charge is 0.310 e. The molecule has 0 saturated heterocycles. The molecule has 0 heterocycles. The van der Waals surface area contributed by atoms with Gasteiger partial charge in [0.25, 0.3) is 0 Å². The van der Waals surface area contributed by atoms with Crippen LogP contribution in [0.5, 0.6) is 0 Å². The summed E-state index contributed by atoms with van der Waals surface area (Å²) in [5.74, 6) is 0. The van der Waals surface area contributed by atoms with Gasteiger partial charge < -0.3 is 4.90 Å². The first-order chi connectivity index (χ1) is 27.6. The molecule has 288 valence electrons. The highest BCUT2D eigenvalue weighted by Crippen LogP contribution is 2.64. The van der Waals surface area contributed by atoms with Gasteiger partial charge in [-0.1, -0.05) is 184 Å². The minimum absolute atomic E-state index is 0.00682. The van der Waals surface area contributed by atoms with Gasteiger partial charge >= 0.3 is 0 Å². The minimum atomic E-state index is -0.133. The van der Waals surface area contributed by atoms with Gasteiger partial charge in [-0.2, -0.15) is 0 Å². The van der Waals surface area contributed by atoms with E-state index in [1.807, 2.05) is 0 Å². The quantitative estimate of drug-likeness (QED) is 0.169. The van der Waals surface area contributed by atoms with Crippen molar-refractivity contribution in [1.29, 1.82) is 0 Å². The third-order valence-corrected chi connectivity index (χ3v) is 15.8. The zero-order valence-electron chi connectivity index (χ0n) is 35.9. The Morgan fingerprint density at radius 1 is 0.328 bits per heavy atom. The lowest BCUT2D eigenvalue weighted by Crippen LogP contribution is -2.42. The molecule has 58 heavy (non-hydrogen) atoms. The number of rotatable bonds is 5. The maximum absolute atomic E-state index is 2.60. The Morgan fingerprint density at radius 3 is 1.57 bits per heavy atom. The lowest BCUT2D eigenvalue weighted by atomic mass is 9.59.